The largest absolute Gasteiger partial charge is 0.508 e. The number of anilines is 1. The van der Waals surface area contributed by atoms with E-state index in [4.69, 9.17) is 5.26 Å². The lowest BCUT2D eigenvalue weighted by Gasteiger charge is -2.36. The van der Waals surface area contributed by atoms with E-state index in [1.165, 1.54) is 5.69 Å². The van der Waals surface area contributed by atoms with Crippen molar-refractivity contribution in [2.45, 2.75) is 6.54 Å². The molecule has 1 N–H and O–H groups in total. The van der Waals surface area contributed by atoms with Crippen molar-refractivity contribution in [3.63, 3.8) is 0 Å². The second kappa shape index (κ2) is 6.50. The lowest BCUT2D eigenvalue weighted by molar-refractivity contribution is 0.249. The van der Waals surface area contributed by atoms with Crippen LogP contribution in [0.2, 0.25) is 0 Å². The molecule has 0 saturated carbocycles. The average molecular weight is 293 g/mol. The van der Waals surface area contributed by atoms with Crippen molar-refractivity contribution in [3.05, 3.63) is 59.7 Å². The second-order valence-electron chi connectivity index (χ2n) is 5.59. The number of nitrogens with zero attached hydrogens (tertiary/aromatic N) is 3. The Morgan fingerprint density at radius 2 is 1.73 bits per heavy atom. The van der Waals surface area contributed by atoms with E-state index in [0.29, 0.717) is 11.3 Å². The molecule has 2 aromatic rings. The fraction of sp³-hybridized carbons (Fsp3) is 0.278. The summed E-state index contributed by atoms with van der Waals surface area (Å²) in [5, 5.41) is 18.4. The van der Waals surface area contributed by atoms with E-state index in [2.05, 4.69) is 15.9 Å². The van der Waals surface area contributed by atoms with E-state index in [1.54, 1.807) is 6.07 Å². The van der Waals surface area contributed by atoms with Crippen molar-refractivity contribution in [1.82, 2.24) is 4.90 Å². The Bertz CT molecular complexity index is 667. The maximum Gasteiger partial charge on any atom is 0.115 e. The molecule has 1 aliphatic rings. The van der Waals surface area contributed by atoms with Crippen LogP contribution in [0.5, 0.6) is 5.75 Å². The molecule has 0 radical (unpaired) electrons. The van der Waals surface area contributed by atoms with Crippen LogP contribution in [-0.2, 0) is 6.54 Å². The number of phenolic OH excluding ortho intramolecular Hbond substituents is 1. The SMILES string of the molecule is N#Cc1ccc(N2CCN(Cc3cccc(O)c3)CC2)cc1. The van der Waals surface area contributed by atoms with Crippen molar-refractivity contribution in [2.24, 2.45) is 0 Å². The van der Waals surface area contributed by atoms with Crippen LogP contribution in [0.4, 0.5) is 5.69 Å². The van der Waals surface area contributed by atoms with Gasteiger partial charge in [-0.3, -0.25) is 4.90 Å². The molecular weight excluding hydrogens is 274 g/mol. The Kier molecular flexibility index (Phi) is 4.27. The summed E-state index contributed by atoms with van der Waals surface area (Å²) in [6.45, 7) is 4.82. The van der Waals surface area contributed by atoms with Gasteiger partial charge in [-0.2, -0.15) is 5.26 Å². The molecule has 3 rings (SSSR count). The molecule has 1 saturated heterocycles. The summed E-state index contributed by atoms with van der Waals surface area (Å²) in [7, 11) is 0. The molecule has 1 heterocycles. The normalized spacial score (nSPS) is 15.5. The zero-order valence-electron chi connectivity index (χ0n) is 12.4. The van der Waals surface area contributed by atoms with E-state index in [-0.39, 0.29) is 0 Å². The van der Waals surface area contributed by atoms with Gasteiger partial charge in [0.25, 0.3) is 0 Å². The number of piperazine rings is 1. The van der Waals surface area contributed by atoms with Crippen molar-refractivity contribution in [1.29, 1.82) is 5.26 Å². The zero-order valence-corrected chi connectivity index (χ0v) is 12.4. The first kappa shape index (κ1) is 14.4. The summed E-state index contributed by atoms with van der Waals surface area (Å²) < 4.78 is 0. The Morgan fingerprint density at radius 3 is 2.36 bits per heavy atom. The highest BCUT2D eigenvalue weighted by Gasteiger charge is 2.17. The van der Waals surface area contributed by atoms with Crippen LogP contribution in [0.15, 0.2) is 48.5 Å². The van der Waals surface area contributed by atoms with Gasteiger partial charge in [0.15, 0.2) is 0 Å². The van der Waals surface area contributed by atoms with Gasteiger partial charge in [0.1, 0.15) is 5.75 Å². The maximum atomic E-state index is 9.53. The van der Waals surface area contributed by atoms with Crippen LogP contribution in [0.1, 0.15) is 11.1 Å². The molecular formula is C18H19N3O. The molecule has 0 amide bonds. The number of hydrogen-bond acceptors (Lipinski definition) is 4. The molecule has 0 unspecified atom stereocenters. The first-order valence-electron chi connectivity index (χ1n) is 7.50. The number of nitriles is 1. The highest BCUT2D eigenvalue weighted by Crippen LogP contribution is 2.19. The highest BCUT2D eigenvalue weighted by molar-refractivity contribution is 5.50. The lowest BCUT2D eigenvalue weighted by Crippen LogP contribution is -2.45. The van der Waals surface area contributed by atoms with Gasteiger partial charge in [-0.05, 0) is 42.0 Å². The Morgan fingerprint density at radius 1 is 1.00 bits per heavy atom. The summed E-state index contributed by atoms with van der Waals surface area (Å²) in [6, 6.07) is 17.4. The molecule has 0 aliphatic carbocycles. The first-order chi connectivity index (χ1) is 10.7. The molecule has 2 aromatic carbocycles. The quantitative estimate of drug-likeness (QED) is 0.945. The van der Waals surface area contributed by atoms with Gasteiger partial charge < -0.3 is 10.0 Å². The maximum absolute atomic E-state index is 9.53. The van der Waals surface area contributed by atoms with E-state index in [0.717, 1.165) is 38.3 Å². The van der Waals surface area contributed by atoms with E-state index < -0.39 is 0 Å². The number of benzene rings is 2. The van der Waals surface area contributed by atoms with Crippen molar-refractivity contribution in [2.75, 3.05) is 31.1 Å². The van der Waals surface area contributed by atoms with Crippen molar-refractivity contribution < 1.29 is 5.11 Å². The van der Waals surface area contributed by atoms with Crippen LogP contribution in [0.25, 0.3) is 0 Å². The van der Waals surface area contributed by atoms with Crippen LogP contribution in [-0.4, -0.2) is 36.2 Å². The smallest absolute Gasteiger partial charge is 0.115 e. The number of rotatable bonds is 3. The Labute approximate surface area is 130 Å². The minimum atomic E-state index is 0.328. The third kappa shape index (κ3) is 3.38. The van der Waals surface area contributed by atoms with Crippen molar-refractivity contribution >= 4 is 5.69 Å². The molecule has 4 nitrogen and oxygen atoms in total. The molecule has 22 heavy (non-hydrogen) atoms. The fourth-order valence-corrected chi connectivity index (χ4v) is 2.82. The average Bonchev–Trinajstić information content (AvgIpc) is 2.56. The third-order valence-electron chi connectivity index (χ3n) is 4.05. The predicted molar refractivity (Wildman–Crippen MR) is 86.8 cm³/mol. The molecule has 4 heteroatoms. The number of aromatic hydroxyl groups is 1. The lowest BCUT2D eigenvalue weighted by atomic mass is 10.1. The zero-order chi connectivity index (χ0) is 15.4. The van der Waals surface area contributed by atoms with E-state index >= 15 is 0 Å². The molecule has 0 bridgehead atoms. The summed E-state index contributed by atoms with van der Waals surface area (Å²) in [5.74, 6) is 0.328. The Hall–Kier alpha value is -2.51. The predicted octanol–water partition coefficient (Wildman–Crippen LogP) is 2.59. The Balaban J connectivity index is 1.57. The van der Waals surface area contributed by atoms with Gasteiger partial charge in [0.05, 0.1) is 11.6 Å². The van der Waals surface area contributed by atoms with Crippen LogP contribution < -0.4 is 4.90 Å². The van der Waals surface area contributed by atoms with Gasteiger partial charge in [0.2, 0.25) is 0 Å². The topological polar surface area (TPSA) is 50.5 Å². The first-order valence-corrected chi connectivity index (χ1v) is 7.50. The molecule has 1 aliphatic heterocycles. The van der Waals surface area contributed by atoms with Gasteiger partial charge in [-0.1, -0.05) is 12.1 Å². The minimum absolute atomic E-state index is 0.328. The summed E-state index contributed by atoms with van der Waals surface area (Å²) in [4.78, 5) is 4.75. The highest BCUT2D eigenvalue weighted by atomic mass is 16.3. The number of hydrogen-bond donors (Lipinski definition) is 1. The van der Waals surface area contributed by atoms with Crippen molar-refractivity contribution in [3.8, 4) is 11.8 Å². The summed E-state index contributed by atoms with van der Waals surface area (Å²) >= 11 is 0. The summed E-state index contributed by atoms with van der Waals surface area (Å²) in [6.07, 6.45) is 0. The van der Waals surface area contributed by atoms with Crippen LogP contribution >= 0.6 is 0 Å². The second-order valence-corrected chi connectivity index (χ2v) is 5.59. The van der Waals surface area contributed by atoms with Gasteiger partial charge in [0, 0.05) is 38.4 Å². The van der Waals surface area contributed by atoms with E-state index in [9.17, 15) is 5.11 Å². The number of phenols is 1. The van der Waals surface area contributed by atoms with Crippen LogP contribution in [0, 0.1) is 11.3 Å². The van der Waals surface area contributed by atoms with Gasteiger partial charge in [-0.15, -0.1) is 0 Å². The minimum Gasteiger partial charge on any atom is -0.508 e. The third-order valence-corrected chi connectivity index (χ3v) is 4.05. The molecule has 0 aromatic heterocycles. The van der Waals surface area contributed by atoms with E-state index in [1.807, 2.05) is 42.5 Å². The standard InChI is InChI=1S/C18H19N3O/c19-13-15-4-6-17(7-5-15)21-10-8-20(9-11-21)14-16-2-1-3-18(22)12-16/h1-7,12,22H,8-11,14H2. The van der Waals surface area contributed by atoms with Gasteiger partial charge >= 0.3 is 0 Å². The summed E-state index contributed by atoms with van der Waals surface area (Å²) in [5.41, 5.74) is 3.02. The molecule has 1 fully saturated rings. The molecule has 112 valence electrons. The fourth-order valence-electron chi connectivity index (χ4n) is 2.82. The monoisotopic (exact) mass is 293 g/mol. The van der Waals surface area contributed by atoms with Crippen LogP contribution in [0.3, 0.4) is 0 Å². The molecule has 0 spiro atoms. The molecule has 0 atom stereocenters. The van der Waals surface area contributed by atoms with Gasteiger partial charge in [-0.25, -0.2) is 0 Å².